The molecule has 6 nitrogen and oxygen atoms in total. The van der Waals surface area contributed by atoms with Gasteiger partial charge in [-0.1, -0.05) is 30.3 Å². The molecule has 0 atom stereocenters. The molecule has 0 bridgehead atoms. The van der Waals surface area contributed by atoms with Crippen LogP contribution >= 0.6 is 0 Å². The average Bonchev–Trinajstić information content (AvgIpc) is 2.92. The van der Waals surface area contributed by atoms with Crippen molar-refractivity contribution in [3.63, 3.8) is 0 Å². The summed E-state index contributed by atoms with van der Waals surface area (Å²) in [5.74, 6) is 0.392. The molecule has 0 fully saturated rings. The van der Waals surface area contributed by atoms with Crippen LogP contribution in [0.1, 0.15) is 27.0 Å². The number of nitrogens with zero attached hydrogens (tertiary/aromatic N) is 2. The summed E-state index contributed by atoms with van der Waals surface area (Å²) in [5.41, 5.74) is 3.39. The van der Waals surface area contributed by atoms with Gasteiger partial charge in [-0.05, 0) is 41.5 Å². The maximum absolute atomic E-state index is 12.6. The van der Waals surface area contributed by atoms with Crippen LogP contribution in [0, 0.1) is 0 Å². The third-order valence-corrected chi connectivity index (χ3v) is 4.81. The molecule has 0 aliphatic carbocycles. The topological polar surface area (TPSA) is 71.5 Å². The molecule has 0 unspecified atom stereocenters. The fourth-order valence-corrected chi connectivity index (χ4v) is 3.24. The summed E-state index contributed by atoms with van der Waals surface area (Å²) in [6.07, 6.45) is 3.39. The molecule has 6 heteroatoms. The summed E-state index contributed by atoms with van der Waals surface area (Å²) in [7, 11) is 0. The Morgan fingerprint density at radius 2 is 1.83 bits per heavy atom. The van der Waals surface area contributed by atoms with Gasteiger partial charge >= 0.3 is 0 Å². The standard InChI is InChI=1S/C23H21N3O3/c27-22-16-29-21-7-6-19(23(28)25-13-17-8-10-24-11-9-17)12-20(21)15-26(22)14-18-4-2-1-3-5-18/h1-12H,13-16H2,(H,25,28). The van der Waals surface area contributed by atoms with Gasteiger partial charge in [0.05, 0.1) is 0 Å². The van der Waals surface area contributed by atoms with E-state index in [1.165, 1.54) is 0 Å². The number of ether oxygens (including phenoxy) is 1. The van der Waals surface area contributed by atoms with Crippen molar-refractivity contribution in [1.82, 2.24) is 15.2 Å². The van der Waals surface area contributed by atoms with Crippen LogP contribution in [0.3, 0.4) is 0 Å². The van der Waals surface area contributed by atoms with Gasteiger partial charge in [0, 0.05) is 43.2 Å². The number of fused-ring (bicyclic) bond motifs is 1. The average molecular weight is 387 g/mol. The van der Waals surface area contributed by atoms with Gasteiger partial charge in [0.2, 0.25) is 0 Å². The third-order valence-electron chi connectivity index (χ3n) is 4.81. The van der Waals surface area contributed by atoms with Crippen molar-refractivity contribution in [1.29, 1.82) is 0 Å². The van der Waals surface area contributed by atoms with Crippen LogP contribution < -0.4 is 10.1 Å². The summed E-state index contributed by atoms with van der Waals surface area (Å²) >= 11 is 0. The number of carbonyl (C=O) groups excluding carboxylic acids is 2. The first-order valence-electron chi connectivity index (χ1n) is 9.43. The van der Waals surface area contributed by atoms with E-state index in [1.54, 1.807) is 35.5 Å². The lowest BCUT2D eigenvalue weighted by Crippen LogP contribution is -2.31. The maximum atomic E-state index is 12.6. The molecule has 2 aromatic carbocycles. The minimum absolute atomic E-state index is 0.00653. The first-order chi connectivity index (χ1) is 14.2. The maximum Gasteiger partial charge on any atom is 0.261 e. The monoisotopic (exact) mass is 387 g/mol. The number of hydrogen-bond donors (Lipinski definition) is 1. The van der Waals surface area contributed by atoms with Crippen molar-refractivity contribution in [3.05, 3.63) is 95.3 Å². The zero-order valence-corrected chi connectivity index (χ0v) is 15.9. The van der Waals surface area contributed by atoms with Crippen molar-refractivity contribution in [2.24, 2.45) is 0 Å². The van der Waals surface area contributed by atoms with Crippen LogP contribution in [-0.4, -0.2) is 28.3 Å². The number of carbonyl (C=O) groups is 2. The van der Waals surface area contributed by atoms with Crippen LogP contribution in [0.4, 0.5) is 0 Å². The number of benzene rings is 2. The second kappa shape index (κ2) is 8.56. The Balaban J connectivity index is 1.49. The largest absolute Gasteiger partial charge is 0.483 e. The molecule has 3 aromatic rings. The SMILES string of the molecule is O=C(NCc1ccncc1)c1ccc2c(c1)CN(Cc1ccccc1)C(=O)CO2. The first-order valence-corrected chi connectivity index (χ1v) is 9.43. The predicted molar refractivity (Wildman–Crippen MR) is 108 cm³/mol. The second-order valence-corrected chi connectivity index (χ2v) is 6.88. The van der Waals surface area contributed by atoms with Gasteiger partial charge in [0.15, 0.2) is 6.61 Å². The lowest BCUT2D eigenvalue weighted by molar-refractivity contribution is -0.133. The molecule has 0 saturated heterocycles. The molecular formula is C23H21N3O3. The Labute approximate surface area is 169 Å². The Kier molecular flexibility index (Phi) is 5.52. The van der Waals surface area contributed by atoms with E-state index in [0.717, 1.165) is 16.7 Å². The fourth-order valence-electron chi connectivity index (χ4n) is 3.24. The van der Waals surface area contributed by atoms with E-state index >= 15 is 0 Å². The number of pyridine rings is 1. The van der Waals surface area contributed by atoms with E-state index in [9.17, 15) is 9.59 Å². The highest BCUT2D eigenvalue weighted by Crippen LogP contribution is 2.25. The lowest BCUT2D eigenvalue weighted by atomic mass is 10.1. The molecule has 0 saturated carbocycles. The van der Waals surface area contributed by atoms with Crippen molar-refractivity contribution >= 4 is 11.8 Å². The molecule has 2 heterocycles. The van der Waals surface area contributed by atoms with E-state index in [4.69, 9.17) is 4.74 Å². The van der Waals surface area contributed by atoms with Gasteiger partial charge in [0.1, 0.15) is 5.75 Å². The Morgan fingerprint density at radius 3 is 2.62 bits per heavy atom. The van der Waals surface area contributed by atoms with E-state index in [-0.39, 0.29) is 18.4 Å². The van der Waals surface area contributed by atoms with Crippen molar-refractivity contribution < 1.29 is 14.3 Å². The molecule has 1 aliphatic rings. The first kappa shape index (κ1) is 18.7. The van der Waals surface area contributed by atoms with Gasteiger partial charge < -0.3 is 15.0 Å². The smallest absolute Gasteiger partial charge is 0.261 e. The highest BCUT2D eigenvalue weighted by atomic mass is 16.5. The minimum Gasteiger partial charge on any atom is -0.483 e. The lowest BCUT2D eigenvalue weighted by Gasteiger charge is -2.20. The summed E-state index contributed by atoms with van der Waals surface area (Å²) in [6, 6.07) is 18.8. The van der Waals surface area contributed by atoms with Crippen LogP contribution in [-0.2, 0) is 24.4 Å². The van der Waals surface area contributed by atoms with Crippen LogP contribution in [0.15, 0.2) is 73.1 Å². The summed E-state index contributed by atoms with van der Waals surface area (Å²) in [5, 5.41) is 2.91. The molecule has 146 valence electrons. The quantitative estimate of drug-likeness (QED) is 0.731. The van der Waals surface area contributed by atoms with Crippen molar-refractivity contribution in [2.45, 2.75) is 19.6 Å². The van der Waals surface area contributed by atoms with Gasteiger partial charge in [-0.2, -0.15) is 0 Å². The normalized spacial score (nSPS) is 13.2. The fraction of sp³-hybridized carbons (Fsp3) is 0.174. The number of nitrogens with one attached hydrogen (secondary N) is 1. The van der Waals surface area contributed by atoms with E-state index in [1.807, 2.05) is 42.5 Å². The highest BCUT2D eigenvalue weighted by molar-refractivity contribution is 5.94. The Hall–Kier alpha value is -3.67. The molecular weight excluding hydrogens is 366 g/mol. The molecule has 29 heavy (non-hydrogen) atoms. The third kappa shape index (κ3) is 4.60. The number of hydrogen-bond acceptors (Lipinski definition) is 4. The number of amides is 2. The molecule has 2 amide bonds. The zero-order chi connectivity index (χ0) is 20.1. The van der Waals surface area contributed by atoms with Crippen LogP contribution in [0.5, 0.6) is 5.75 Å². The second-order valence-electron chi connectivity index (χ2n) is 6.88. The summed E-state index contributed by atoms with van der Waals surface area (Å²) in [6.45, 7) is 1.32. The van der Waals surface area contributed by atoms with Crippen molar-refractivity contribution in [3.8, 4) is 5.75 Å². The van der Waals surface area contributed by atoms with Crippen LogP contribution in [0.25, 0.3) is 0 Å². The van der Waals surface area contributed by atoms with Gasteiger partial charge in [-0.25, -0.2) is 0 Å². The summed E-state index contributed by atoms with van der Waals surface area (Å²) < 4.78 is 5.66. The molecule has 0 radical (unpaired) electrons. The van der Waals surface area contributed by atoms with E-state index in [0.29, 0.717) is 30.9 Å². The number of aromatic nitrogens is 1. The molecule has 4 rings (SSSR count). The predicted octanol–water partition coefficient (Wildman–Crippen LogP) is 2.93. The minimum atomic E-state index is -0.171. The van der Waals surface area contributed by atoms with Crippen LogP contribution in [0.2, 0.25) is 0 Å². The zero-order valence-electron chi connectivity index (χ0n) is 15.9. The molecule has 0 spiro atoms. The van der Waals surface area contributed by atoms with Gasteiger partial charge in [-0.15, -0.1) is 0 Å². The Bertz CT molecular complexity index is 1010. The molecule has 1 aliphatic heterocycles. The Morgan fingerprint density at radius 1 is 1.03 bits per heavy atom. The highest BCUT2D eigenvalue weighted by Gasteiger charge is 2.22. The summed E-state index contributed by atoms with van der Waals surface area (Å²) in [4.78, 5) is 30.8. The van der Waals surface area contributed by atoms with Crippen molar-refractivity contribution in [2.75, 3.05) is 6.61 Å². The van der Waals surface area contributed by atoms with Gasteiger partial charge in [-0.3, -0.25) is 14.6 Å². The van der Waals surface area contributed by atoms with E-state index < -0.39 is 0 Å². The molecule has 1 N–H and O–H groups in total. The van der Waals surface area contributed by atoms with Gasteiger partial charge in [0.25, 0.3) is 11.8 Å². The number of rotatable bonds is 5. The van der Waals surface area contributed by atoms with E-state index in [2.05, 4.69) is 10.3 Å². The molecule has 1 aromatic heterocycles.